The average Bonchev–Trinajstić information content (AvgIpc) is 2.88. The second kappa shape index (κ2) is 10.8. The minimum atomic E-state index is -0.656. The molecule has 9 heteroatoms. The molecular weight excluding hydrogens is 447 g/mol. The highest BCUT2D eigenvalue weighted by molar-refractivity contribution is 5.87. The summed E-state index contributed by atoms with van der Waals surface area (Å²) in [5.74, 6) is 0.373. The third-order valence-electron chi connectivity index (χ3n) is 6.42. The number of fused-ring (bicyclic) bond motifs is 1. The van der Waals surface area contributed by atoms with E-state index in [1.807, 2.05) is 11.8 Å². The van der Waals surface area contributed by atoms with Gasteiger partial charge in [0.1, 0.15) is 12.3 Å². The third kappa shape index (κ3) is 5.57. The minimum absolute atomic E-state index is 0.00825. The number of nitrogens with zero attached hydrogens (tertiary/aromatic N) is 5. The van der Waals surface area contributed by atoms with E-state index in [-0.39, 0.29) is 17.5 Å². The molecule has 3 aromatic rings. The Morgan fingerprint density at radius 3 is 2.51 bits per heavy atom. The summed E-state index contributed by atoms with van der Waals surface area (Å²) in [6.07, 6.45) is 3.01. The fourth-order valence-electron chi connectivity index (χ4n) is 4.31. The Morgan fingerprint density at radius 2 is 1.86 bits per heavy atom. The van der Waals surface area contributed by atoms with Gasteiger partial charge in [-0.3, -0.25) is 19.1 Å². The summed E-state index contributed by atoms with van der Waals surface area (Å²) in [6, 6.07) is 10.8. The van der Waals surface area contributed by atoms with Gasteiger partial charge in [0.05, 0.1) is 12.1 Å². The van der Waals surface area contributed by atoms with Crippen molar-refractivity contribution in [2.75, 3.05) is 38.2 Å². The van der Waals surface area contributed by atoms with Crippen molar-refractivity contribution in [3.05, 3.63) is 76.7 Å². The molecular formula is C26H31FN6O2. The maximum atomic E-state index is 13.3. The number of carbonyl (C=O) groups is 1. The number of hydrogen-bond acceptors (Lipinski definition) is 6. The number of benzene rings is 1. The quantitative estimate of drug-likeness (QED) is 0.500. The van der Waals surface area contributed by atoms with E-state index in [1.165, 1.54) is 22.3 Å². The first-order valence-electron chi connectivity index (χ1n) is 11.8. The zero-order valence-corrected chi connectivity index (χ0v) is 20.2. The van der Waals surface area contributed by atoms with Crippen LogP contribution >= 0.6 is 0 Å². The van der Waals surface area contributed by atoms with Gasteiger partial charge in [-0.25, -0.2) is 9.37 Å². The van der Waals surface area contributed by atoms with Crippen LogP contribution in [-0.2, 0) is 11.3 Å². The number of anilines is 1. The molecule has 1 N–H and O–H groups in total. The Morgan fingerprint density at radius 1 is 1.14 bits per heavy atom. The van der Waals surface area contributed by atoms with Crippen LogP contribution < -0.4 is 10.9 Å². The molecule has 1 aliphatic rings. The van der Waals surface area contributed by atoms with Crippen LogP contribution in [-0.4, -0.2) is 63.1 Å². The van der Waals surface area contributed by atoms with Gasteiger partial charge in [-0.1, -0.05) is 30.8 Å². The molecule has 0 aliphatic carbocycles. The van der Waals surface area contributed by atoms with Crippen molar-refractivity contribution < 1.29 is 9.18 Å². The van der Waals surface area contributed by atoms with E-state index in [0.717, 1.165) is 25.2 Å². The van der Waals surface area contributed by atoms with Gasteiger partial charge in [0.2, 0.25) is 11.9 Å². The van der Waals surface area contributed by atoms with Crippen molar-refractivity contribution in [2.45, 2.75) is 32.5 Å². The number of piperazine rings is 1. The van der Waals surface area contributed by atoms with Crippen molar-refractivity contribution in [1.82, 2.24) is 24.3 Å². The Hall–Kier alpha value is -3.59. The maximum absolute atomic E-state index is 13.3. The number of hydrogen-bond donors (Lipinski definition) is 1. The van der Waals surface area contributed by atoms with Crippen LogP contribution in [0.1, 0.15) is 37.1 Å². The Labute approximate surface area is 204 Å². The van der Waals surface area contributed by atoms with E-state index in [0.29, 0.717) is 30.1 Å². The second-order valence-corrected chi connectivity index (χ2v) is 8.93. The highest BCUT2D eigenvalue weighted by Gasteiger charge is 2.19. The van der Waals surface area contributed by atoms with Crippen LogP contribution in [0, 0.1) is 0 Å². The highest BCUT2D eigenvalue weighted by atomic mass is 19.1. The van der Waals surface area contributed by atoms with E-state index in [9.17, 15) is 14.0 Å². The first-order valence-corrected chi connectivity index (χ1v) is 11.8. The molecule has 35 heavy (non-hydrogen) atoms. The summed E-state index contributed by atoms with van der Waals surface area (Å²) in [6.45, 7) is 10.5. The lowest BCUT2D eigenvalue weighted by Gasteiger charge is -2.34. The summed E-state index contributed by atoms with van der Waals surface area (Å²) < 4.78 is 14.7. The standard InChI is InChI=1S/C26H31FN6O2/c1-4-23(34)32-13-11-31(12-14-32)17-20-5-7-21(8-6-20)19(3)29-26-28-16-22-9-10-24(35)33(18(2)15-27)25(22)30-26/h4-10,16,18-19H,1,11-15,17H2,2-3H3,(H,28,29,30). The molecule has 0 radical (unpaired) electrons. The fourth-order valence-corrected chi connectivity index (χ4v) is 4.31. The monoisotopic (exact) mass is 478 g/mol. The molecule has 1 aromatic carbocycles. The van der Waals surface area contributed by atoms with Gasteiger partial charge >= 0.3 is 0 Å². The van der Waals surface area contributed by atoms with E-state index in [1.54, 1.807) is 19.2 Å². The van der Waals surface area contributed by atoms with Crippen molar-refractivity contribution in [2.24, 2.45) is 0 Å². The Bertz CT molecular complexity index is 1250. The molecule has 0 spiro atoms. The van der Waals surface area contributed by atoms with E-state index in [2.05, 4.69) is 51.0 Å². The lowest BCUT2D eigenvalue weighted by atomic mass is 10.1. The van der Waals surface area contributed by atoms with Crippen molar-refractivity contribution in [3.8, 4) is 0 Å². The molecule has 3 heterocycles. The predicted octanol–water partition coefficient (Wildman–Crippen LogP) is 3.33. The highest BCUT2D eigenvalue weighted by Crippen LogP contribution is 2.21. The molecule has 1 aliphatic heterocycles. The lowest BCUT2D eigenvalue weighted by molar-refractivity contribution is -0.127. The van der Waals surface area contributed by atoms with Gasteiger partial charge in [0, 0.05) is 50.4 Å². The first-order chi connectivity index (χ1) is 16.9. The average molecular weight is 479 g/mol. The first kappa shape index (κ1) is 24.5. The van der Waals surface area contributed by atoms with E-state index >= 15 is 0 Å². The SMILES string of the molecule is C=CC(=O)N1CCN(Cc2ccc(C(C)Nc3ncc4ccc(=O)n(C(C)CF)c4n3)cc2)CC1. The van der Waals surface area contributed by atoms with Crippen LogP contribution in [0.25, 0.3) is 11.0 Å². The number of aromatic nitrogens is 3. The normalized spacial score (nSPS) is 16.1. The van der Waals surface area contributed by atoms with Crippen LogP contribution in [0.15, 0.2) is 60.0 Å². The molecule has 1 amide bonds. The van der Waals surface area contributed by atoms with Gasteiger partial charge in [0.15, 0.2) is 0 Å². The molecule has 184 valence electrons. The summed E-state index contributed by atoms with van der Waals surface area (Å²) >= 11 is 0. The van der Waals surface area contributed by atoms with Gasteiger partial charge in [-0.2, -0.15) is 4.98 Å². The molecule has 8 nitrogen and oxygen atoms in total. The fraction of sp³-hybridized carbons (Fsp3) is 0.385. The van der Waals surface area contributed by atoms with E-state index < -0.39 is 12.7 Å². The van der Waals surface area contributed by atoms with Gasteiger partial charge < -0.3 is 10.2 Å². The molecule has 1 saturated heterocycles. The van der Waals surface area contributed by atoms with Crippen molar-refractivity contribution >= 4 is 22.9 Å². The zero-order valence-electron chi connectivity index (χ0n) is 20.2. The summed E-state index contributed by atoms with van der Waals surface area (Å²) in [5, 5.41) is 3.97. The number of nitrogens with one attached hydrogen (secondary N) is 1. The van der Waals surface area contributed by atoms with Crippen LogP contribution in [0.4, 0.5) is 10.3 Å². The molecule has 0 saturated carbocycles. The smallest absolute Gasteiger partial charge is 0.252 e. The molecule has 1 fully saturated rings. The zero-order chi connectivity index (χ0) is 24.9. The van der Waals surface area contributed by atoms with Gasteiger partial charge in [-0.05, 0) is 37.1 Å². The topological polar surface area (TPSA) is 83.4 Å². The summed E-state index contributed by atoms with van der Waals surface area (Å²) in [7, 11) is 0. The van der Waals surface area contributed by atoms with Gasteiger partial charge in [0.25, 0.3) is 5.56 Å². The Kier molecular flexibility index (Phi) is 7.55. The number of halogens is 1. The van der Waals surface area contributed by atoms with Crippen LogP contribution in [0.3, 0.4) is 0 Å². The molecule has 2 atom stereocenters. The van der Waals surface area contributed by atoms with Gasteiger partial charge in [-0.15, -0.1) is 0 Å². The molecule has 2 unspecified atom stereocenters. The largest absolute Gasteiger partial charge is 0.348 e. The number of amides is 1. The lowest BCUT2D eigenvalue weighted by Crippen LogP contribution is -2.47. The minimum Gasteiger partial charge on any atom is -0.348 e. The maximum Gasteiger partial charge on any atom is 0.252 e. The number of rotatable bonds is 8. The van der Waals surface area contributed by atoms with E-state index in [4.69, 9.17) is 0 Å². The molecule has 4 rings (SSSR count). The second-order valence-electron chi connectivity index (χ2n) is 8.93. The summed E-state index contributed by atoms with van der Waals surface area (Å²) in [5.41, 5.74) is 2.40. The summed E-state index contributed by atoms with van der Waals surface area (Å²) in [4.78, 5) is 37.1. The van der Waals surface area contributed by atoms with Crippen LogP contribution in [0.2, 0.25) is 0 Å². The number of carbonyl (C=O) groups excluding carboxylic acids is 1. The predicted molar refractivity (Wildman–Crippen MR) is 135 cm³/mol. The number of alkyl halides is 1. The number of pyridine rings is 1. The third-order valence-corrected chi connectivity index (χ3v) is 6.42. The van der Waals surface area contributed by atoms with Crippen molar-refractivity contribution in [1.29, 1.82) is 0 Å². The Balaban J connectivity index is 1.41. The van der Waals surface area contributed by atoms with Crippen LogP contribution in [0.5, 0.6) is 0 Å². The van der Waals surface area contributed by atoms with Crippen molar-refractivity contribution in [3.63, 3.8) is 0 Å². The molecule has 0 bridgehead atoms. The molecule has 2 aromatic heterocycles.